The smallest absolute Gasteiger partial charge is 0.0992 e. The fourth-order valence-electron chi connectivity index (χ4n) is 6.89. The third-order valence-electron chi connectivity index (χ3n) is 9.20. The number of hydrogen-bond donors (Lipinski definition) is 0. The number of nitrogens with zero attached hydrogens (tertiary/aromatic N) is 7. The van der Waals surface area contributed by atoms with Gasteiger partial charge in [0.05, 0.1) is 57.6 Å². The molecule has 0 spiro atoms. The molecular weight excluding hydrogens is 651 g/mol. The fourth-order valence-corrected chi connectivity index (χ4v) is 6.89. The Labute approximate surface area is 306 Å². The molecule has 0 fully saturated rings. The van der Waals surface area contributed by atoms with Gasteiger partial charge in [-0.05, 0) is 121 Å². The van der Waals surface area contributed by atoms with E-state index in [-0.39, 0.29) is 0 Å². The van der Waals surface area contributed by atoms with Crippen molar-refractivity contribution < 1.29 is 0 Å². The highest BCUT2D eigenvalue weighted by Gasteiger charge is 2.21. The molecule has 0 N–H and O–H groups in total. The molecule has 0 saturated heterocycles. The van der Waals surface area contributed by atoms with Crippen LogP contribution in [0.3, 0.4) is 0 Å². The summed E-state index contributed by atoms with van der Waals surface area (Å²) in [6, 6.07) is 61.6. The van der Waals surface area contributed by atoms with Crippen molar-refractivity contribution in [3.63, 3.8) is 0 Å². The number of anilines is 6. The van der Waals surface area contributed by atoms with E-state index >= 15 is 0 Å². The average Bonchev–Trinajstić information content (AvgIpc) is 3.54. The molecule has 0 atom stereocenters. The summed E-state index contributed by atoms with van der Waals surface area (Å²) in [5.41, 5.74) is 9.92. The van der Waals surface area contributed by atoms with Crippen LogP contribution in [-0.4, -0.2) is 4.57 Å². The lowest BCUT2D eigenvalue weighted by Gasteiger charge is -2.26. The first-order chi connectivity index (χ1) is 26.1. The summed E-state index contributed by atoms with van der Waals surface area (Å²) in [6.45, 7) is 0. The molecule has 0 unspecified atom stereocenters. The Morgan fingerprint density at radius 1 is 0.340 bits per heavy atom. The van der Waals surface area contributed by atoms with E-state index in [2.05, 4.69) is 87.2 Å². The summed E-state index contributed by atoms with van der Waals surface area (Å²) in [6.07, 6.45) is 0. The zero-order chi connectivity index (χ0) is 36.3. The lowest BCUT2D eigenvalue weighted by Crippen LogP contribution is -2.10. The van der Waals surface area contributed by atoms with Crippen LogP contribution in [0.5, 0.6) is 0 Å². The minimum Gasteiger partial charge on any atom is -0.310 e. The monoisotopic (exact) mass is 677 g/mol. The van der Waals surface area contributed by atoms with E-state index in [4.69, 9.17) is 0 Å². The van der Waals surface area contributed by atoms with E-state index in [1.807, 2.05) is 91.0 Å². The van der Waals surface area contributed by atoms with Crippen LogP contribution in [-0.2, 0) is 0 Å². The molecule has 0 saturated carbocycles. The Morgan fingerprint density at radius 3 is 1.02 bits per heavy atom. The highest BCUT2D eigenvalue weighted by atomic mass is 15.1. The number of rotatable bonds is 7. The molecule has 0 radical (unpaired) electrons. The maximum Gasteiger partial charge on any atom is 0.0992 e. The van der Waals surface area contributed by atoms with Crippen LogP contribution < -0.4 is 9.80 Å². The molecule has 1 heterocycles. The van der Waals surface area contributed by atoms with Gasteiger partial charge in [0.15, 0.2) is 0 Å². The lowest BCUT2D eigenvalue weighted by molar-refractivity contribution is 1.18. The summed E-state index contributed by atoms with van der Waals surface area (Å²) in [4.78, 5) is 4.12. The van der Waals surface area contributed by atoms with Crippen LogP contribution in [0.4, 0.5) is 34.1 Å². The number of fused-ring (bicyclic) bond motifs is 3. The summed E-state index contributed by atoms with van der Waals surface area (Å²) < 4.78 is 2.24. The van der Waals surface area contributed by atoms with Gasteiger partial charge in [0, 0.05) is 50.6 Å². The highest BCUT2D eigenvalue weighted by molar-refractivity contribution is 6.12. The molecule has 7 aromatic carbocycles. The number of para-hydroxylation sites is 1. The van der Waals surface area contributed by atoms with Crippen molar-refractivity contribution >= 4 is 55.9 Å². The summed E-state index contributed by atoms with van der Waals surface area (Å²) in [5.74, 6) is 0. The van der Waals surface area contributed by atoms with Crippen LogP contribution in [0, 0.1) is 45.3 Å². The number of benzene rings is 7. The van der Waals surface area contributed by atoms with Crippen molar-refractivity contribution in [3.05, 3.63) is 186 Å². The molecule has 7 heteroatoms. The number of hydrogen-bond acceptors (Lipinski definition) is 6. The summed E-state index contributed by atoms with van der Waals surface area (Å²) >= 11 is 0. The third-order valence-corrected chi connectivity index (χ3v) is 9.20. The quantitative estimate of drug-likeness (QED) is 0.166. The largest absolute Gasteiger partial charge is 0.310 e. The van der Waals surface area contributed by atoms with E-state index in [1.165, 1.54) is 0 Å². The van der Waals surface area contributed by atoms with Gasteiger partial charge >= 0.3 is 0 Å². The Hall–Kier alpha value is -8.10. The normalized spacial score (nSPS) is 10.6. The average molecular weight is 678 g/mol. The van der Waals surface area contributed by atoms with Crippen molar-refractivity contribution in [3.8, 4) is 30.0 Å². The van der Waals surface area contributed by atoms with Crippen LogP contribution in [0.15, 0.2) is 164 Å². The zero-order valence-corrected chi connectivity index (χ0v) is 28.2. The SMILES string of the molecule is N#Cc1cccc(N(c2cccc(C#N)c2)c2ccc3c(c2)c2cc(N(c4cccc(C#N)c4)c4cccc(C#N)c4)ccc2n3-c2ccccc2)c1. The van der Waals surface area contributed by atoms with E-state index in [9.17, 15) is 21.0 Å². The molecule has 0 aliphatic rings. The second kappa shape index (κ2) is 13.7. The molecule has 246 valence electrons. The van der Waals surface area contributed by atoms with Gasteiger partial charge in [-0.15, -0.1) is 0 Å². The van der Waals surface area contributed by atoms with Gasteiger partial charge in [0.25, 0.3) is 0 Å². The fraction of sp³-hybridized carbons (Fsp3) is 0. The third kappa shape index (κ3) is 5.94. The molecular formula is C46H27N7. The molecule has 7 nitrogen and oxygen atoms in total. The summed E-state index contributed by atoms with van der Waals surface area (Å²) in [5, 5.41) is 41.1. The van der Waals surface area contributed by atoms with Crippen LogP contribution in [0.1, 0.15) is 22.3 Å². The predicted molar refractivity (Wildman–Crippen MR) is 209 cm³/mol. The lowest BCUT2D eigenvalue weighted by atomic mass is 10.1. The molecule has 8 aromatic rings. The van der Waals surface area contributed by atoms with Gasteiger partial charge < -0.3 is 14.4 Å². The van der Waals surface area contributed by atoms with Gasteiger partial charge in [0.1, 0.15) is 0 Å². The number of aromatic nitrogens is 1. The van der Waals surface area contributed by atoms with Crippen molar-refractivity contribution in [1.82, 2.24) is 4.57 Å². The second-order valence-electron chi connectivity index (χ2n) is 12.4. The first-order valence-electron chi connectivity index (χ1n) is 16.8. The molecule has 0 bridgehead atoms. The van der Waals surface area contributed by atoms with Crippen LogP contribution in [0.25, 0.3) is 27.5 Å². The molecule has 0 aliphatic carbocycles. The highest BCUT2D eigenvalue weighted by Crippen LogP contribution is 2.43. The van der Waals surface area contributed by atoms with Gasteiger partial charge in [-0.25, -0.2) is 0 Å². The minimum atomic E-state index is 0.524. The van der Waals surface area contributed by atoms with E-state index in [1.54, 1.807) is 24.3 Å². The Balaban J connectivity index is 1.41. The van der Waals surface area contributed by atoms with Gasteiger partial charge in [-0.2, -0.15) is 21.0 Å². The first-order valence-corrected chi connectivity index (χ1v) is 16.8. The van der Waals surface area contributed by atoms with Crippen molar-refractivity contribution in [2.24, 2.45) is 0 Å². The zero-order valence-electron chi connectivity index (χ0n) is 28.2. The predicted octanol–water partition coefficient (Wildman–Crippen LogP) is 11.2. The van der Waals surface area contributed by atoms with E-state index < -0.39 is 0 Å². The van der Waals surface area contributed by atoms with E-state index in [0.29, 0.717) is 22.3 Å². The standard InChI is InChI=1S/C46H27N7/c47-28-32-8-4-14-37(22-32)51(38-15-5-9-33(23-38)29-48)41-18-20-45-43(26-41)44-27-42(19-21-46(44)53(45)36-12-2-1-3-13-36)52(39-16-6-10-34(24-39)30-49)40-17-7-11-35(25-40)31-50/h1-27H. The van der Waals surface area contributed by atoms with Gasteiger partial charge in [-0.1, -0.05) is 42.5 Å². The van der Waals surface area contributed by atoms with Crippen molar-refractivity contribution in [2.45, 2.75) is 0 Å². The maximum atomic E-state index is 9.78. The Morgan fingerprint density at radius 2 is 0.679 bits per heavy atom. The van der Waals surface area contributed by atoms with E-state index in [0.717, 1.165) is 61.6 Å². The molecule has 0 amide bonds. The maximum absolute atomic E-state index is 9.78. The van der Waals surface area contributed by atoms with Crippen LogP contribution in [0.2, 0.25) is 0 Å². The minimum absolute atomic E-state index is 0.524. The Kier molecular flexibility index (Phi) is 8.28. The topological polar surface area (TPSA) is 107 Å². The van der Waals surface area contributed by atoms with Crippen LogP contribution >= 0.6 is 0 Å². The number of nitriles is 4. The summed E-state index contributed by atoms with van der Waals surface area (Å²) in [7, 11) is 0. The molecule has 0 aliphatic heterocycles. The second-order valence-corrected chi connectivity index (χ2v) is 12.4. The van der Waals surface area contributed by atoms with Gasteiger partial charge in [-0.3, -0.25) is 0 Å². The molecule has 8 rings (SSSR count). The van der Waals surface area contributed by atoms with Gasteiger partial charge in [0.2, 0.25) is 0 Å². The van der Waals surface area contributed by atoms with Crippen molar-refractivity contribution in [1.29, 1.82) is 21.0 Å². The first kappa shape index (κ1) is 32.1. The van der Waals surface area contributed by atoms with Crippen molar-refractivity contribution in [2.75, 3.05) is 9.80 Å². The molecule has 1 aromatic heterocycles. The molecule has 53 heavy (non-hydrogen) atoms. The Bertz CT molecular complexity index is 2570.